The van der Waals surface area contributed by atoms with Gasteiger partial charge in [0.05, 0.1) is 19.9 Å². The van der Waals surface area contributed by atoms with E-state index >= 15 is 0 Å². The van der Waals surface area contributed by atoms with Gasteiger partial charge in [-0.1, -0.05) is 6.42 Å². The number of hydrogen-bond acceptors (Lipinski definition) is 2. The van der Waals surface area contributed by atoms with Gasteiger partial charge < -0.3 is 4.74 Å². The van der Waals surface area contributed by atoms with Gasteiger partial charge in [-0.2, -0.15) is 0 Å². The van der Waals surface area contributed by atoms with E-state index in [1.54, 1.807) is 0 Å². The Morgan fingerprint density at radius 3 is 2.58 bits per heavy atom. The maximum Gasteiger partial charge on any atom is 0.0990 e. The summed E-state index contributed by atoms with van der Waals surface area (Å²) in [7, 11) is 0. The van der Waals surface area contributed by atoms with E-state index in [0.717, 1.165) is 19.8 Å². The van der Waals surface area contributed by atoms with Crippen LogP contribution in [-0.2, 0) is 9.84 Å². The van der Waals surface area contributed by atoms with Crippen LogP contribution >= 0.6 is 0 Å². The van der Waals surface area contributed by atoms with Gasteiger partial charge >= 0.3 is 0 Å². The summed E-state index contributed by atoms with van der Waals surface area (Å²) in [5.41, 5.74) is 0. The molecule has 1 fully saturated rings. The molecule has 1 aliphatic heterocycles. The molecule has 12 heavy (non-hydrogen) atoms. The van der Waals surface area contributed by atoms with Crippen LogP contribution in [0.5, 0.6) is 0 Å². The van der Waals surface area contributed by atoms with Crippen LogP contribution in [0.1, 0.15) is 25.7 Å². The average molecular weight is 172 g/mol. The zero-order valence-electron chi connectivity index (χ0n) is 7.63. The standard InChI is InChI=1S/C9H18NO2/c11-7-4-8-12-9-10-5-2-1-3-6-10/h1-9H2. The molecular weight excluding hydrogens is 154 g/mol. The summed E-state index contributed by atoms with van der Waals surface area (Å²) in [5.74, 6) is 0. The van der Waals surface area contributed by atoms with Gasteiger partial charge in [0.25, 0.3) is 0 Å². The van der Waals surface area contributed by atoms with Gasteiger partial charge in [-0.3, -0.25) is 4.90 Å². The van der Waals surface area contributed by atoms with Crippen LogP contribution in [0.25, 0.3) is 0 Å². The lowest BCUT2D eigenvalue weighted by molar-refractivity contribution is 0.0102. The van der Waals surface area contributed by atoms with Crippen molar-refractivity contribution in [1.82, 2.24) is 4.90 Å². The molecule has 3 heteroatoms. The highest BCUT2D eigenvalue weighted by Crippen LogP contribution is 2.07. The minimum Gasteiger partial charge on any atom is -0.366 e. The molecule has 0 aromatic carbocycles. The van der Waals surface area contributed by atoms with E-state index in [-0.39, 0.29) is 6.61 Å². The Morgan fingerprint density at radius 2 is 1.92 bits per heavy atom. The summed E-state index contributed by atoms with van der Waals surface area (Å²) in [5, 5.41) is 10.1. The largest absolute Gasteiger partial charge is 0.366 e. The zero-order chi connectivity index (χ0) is 8.65. The van der Waals surface area contributed by atoms with E-state index < -0.39 is 0 Å². The number of hydrogen-bond donors (Lipinski definition) is 0. The maximum absolute atomic E-state index is 10.1. The molecule has 71 valence electrons. The van der Waals surface area contributed by atoms with Crippen LogP contribution in [0.15, 0.2) is 0 Å². The fourth-order valence-corrected chi connectivity index (χ4v) is 1.44. The Labute approximate surface area is 74.3 Å². The lowest BCUT2D eigenvalue weighted by atomic mass is 10.1. The number of nitrogens with zero attached hydrogens (tertiary/aromatic N) is 1. The highest BCUT2D eigenvalue weighted by atomic mass is 16.5. The Kier molecular flexibility index (Phi) is 5.32. The first-order valence-electron chi connectivity index (χ1n) is 4.81. The first kappa shape index (κ1) is 9.96. The molecule has 0 unspecified atom stereocenters. The topological polar surface area (TPSA) is 32.4 Å². The maximum atomic E-state index is 10.1. The summed E-state index contributed by atoms with van der Waals surface area (Å²) < 4.78 is 5.34. The van der Waals surface area contributed by atoms with Crippen molar-refractivity contribution in [3.63, 3.8) is 0 Å². The van der Waals surface area contributed by atoms with E-state index in [1.165, 1.54) is 19.3 Å². The van der Waals surface area contributed by atoms with Crippen LogP contribution in [0.3, 0.4) is 0 Å². The van der Waals surface area contributed by atoms with Gasteiger partial charge in [0.15, 0.2) is 0 Å². The SMILES string of the molecule is [O]CCCOCN1CCCCC1. The molecule has 0 amide bonds. The fraction of sp³-hybridized carbons (Fsp3) is 1.00. The van der Waals surface area contributed by atoms with Crippen molar-refractivity contribution >= 4 is 0 Å². The molecule has 1 saturated heterocycles. The van der Waals surface area contributed by atoms with Crippen molar-refractivity contribution in [2.75, 3.05) is 33.0 Å². The van der Waals surface area contributed by atoms with Crippen LogP contribution in [0.4, 0.5) is 0 Å². The van der Waals surface area contributed by atoms with Gasteiger partial charge in [0, 0.05) is 13.1 Å². The summed E-state index contributed by atoms with van der Waals surface area (Å²) in [6.45, 7) is 3.66. The van der Waals surface area contributed by atoms with Gasteiger partial charge in [0.2, 0.25) is 0 Å². The number of likely N-dealkylation sites (tertiary alicyclic amines) is 1. The number of ether oxygens (including phenoxy) is 1. The van der Waals surface area contributed by atoms with Crippen LogP contribution < -0.4 is 0 Å². The van der Waals surface area contributed by atoms with E-state index in [9.17, 15) is 5.11 Å². The molecule has 0 aromatic rings. The van der Waals surface area contributed by atoms with Crippen molar-refractivity contribution in [1.29, 1.82) is 0 Å². The van der Waals surface area contributed by atoms with Crippen LogP contribution in [-0.4, -0.2) is 37.9 Å². The summed E-state index contributed by atoms with van der Waals surface area (Å²) in [4.78, 5) is 2.31. The zero-order valence-corrected chi connectivity index (χ0v) is 7.63. The monoisotopic (exact) mass is 172 g/mol. The van der Waals surface area contributed by atoms with Gasteiger partial charge in [-0.05, 0) is 19.3 Å². The fourth-order valence-electron chi connectivity index (χ4n) is 1.44. The second-order valence-electron chi connectivity index (χ2n) is 3.27. The van der Waals surface area contributed by atoms with Crippen molar-refractivity contribution in [2.45, 2.75) is 25.7 Å². The number of piperidine rings is 1. The normalized spacial score (nSPS) is 19.8. The van der Waals surface area contributed by atoms with E-state index in [4.69, 9.17) is 4.74 Å². The predicted molar refractivity (Wildman–Crippen MR) is 46.4 cm³/mol. The first-order valence-corrected chi connectivity index (χ1v) is 4.81. The first-order chi connectivity index (χ1) is 5.93. The second-order valence-corrected chi connectivity index (χ2v) is 3.27. The van der Waals surface area contributed by atoms with Crippen LogP contribution in [0.2, 0.25) is 0 Å². The minimum absolute atomic E-state index is 0.0139. The summed E-state index contributed by atoms with van der Waals surface area (Å²) in [6, 6.07) is 0. The van der Waals surface area contributed by atoms with Crippen LogP contribution in [0, 0.1) is 0 Å². The average Bonchev–Trinajstić information content (AvgIpc) is 2.14. The Balaban J connectivity index is 1.91. The molecule has 0 N–H and O–H groups in total. The number of rotatable bonds is 5. The van der Waals surface area contributed by atoms with Gasteiger partial charge in [-0.15, -0.1) is 0 Å². The lowest BCUT2D eigenvalue weighted by Gasteiger charge is -2.25. The molecule has 1 heterocycles. The van der Waals surface area contributed by atoms with Gasteiger partial charge in [-0.25, -0.2) is 5.11 Å². The molecule has 0 spiro atoms. The quantitative estimate of drug-likeness (QED) is 0.585. The molecular formula is C9H18NO2. The molecule has 0 aromatic heterocycles. The van der Waals surface area contributed by atoms with E-state index in [0.29, 0.717) is 13.0 Å². The third-order valence-electron chi connectivity index (χ3n) is 2.16. The highest BCUT2D eigenvalue weighted by molar-refractivity contribution is 4.60. The third kappa shape index (κ3) is 4.04. The summed E-state index contributed by atoms with van der Waals surface area (Å²) >= 11 is 0. The predicted octanol–water partition coefficient (Wildman–Crippen LogP) is 1.27. The molecule has 1 rings (SSSR count). The molecule has 1 aliphatic rings. The van der Waals surface area contributed by atoms with Crippen molar-refractivity contribution in [2.24, 2.45) is 0 Å². The second kappa shape index (κ2) is 6.40. The minimum atomic E-state index is -0.0139. The van der Waals surface area contributed by atoms with Gasteiger partial charge in [0.1, 0.15) is 0 Å². The molecule has 3 nitrogen and oxygen atoms in total. The Bertz CT molecular complexity index is 103. The van der Waals surface area contributed by atoms with Crippen molar-refractivity contribution in [3.8, 4) is 0 Å². The third-order valence-corrected chi connectivity index (χ3v) is 2.16. The Hall–Kier alpha value is -0.120. The molecule has 1 radical (unpaired) electrons. The highest BCUT2D eigenvalue weighted by Gasteiger charge is 2.08. The van der Waals surface area contributed by atoms with E-state index in [1.807, 2.05) is 0 Å². The molecule has 0 atom stereocenters. The van der Waals surface area contributed by atoms with E-state index in [2.05, 4.69) is 4.90 Å². The van der Waals surface area contributed by atoms with Crippen molar-refractivity contribution < 1.29 is 9.84 Å². The summed E-state index contributed by atoms with van der Waals surface area (Å²) in [6.07, 6.45) is 4.60. The Morgan fingerprint density at radius 1 is 1.17 bits per heavy atom. The smallest absolute Gasteiger partial charge is 0.0990 e. The van der Waals surface area contributed by atoms with Crippen molar-refractivity contribution in [3.05, 3.63) is 0 Å². The molecule has 0 aliphatic carbocycles. The molecule has 0 saturated carbocycles. The molecule has 0 bridgehead atoms. The lowest BCUT2D eigenvalue weighted by Crippen LogP contribution is -2.32.